The first-order valence-corrected chi connectivity index (χ1v) is 8.83. The number of urea groups is 1. The number of para-hydroxylation sites is 1. The van der Waals surface area contributed by atoms with Crippen molar-refractivity contribution in [3.63, 3.8) is 0 Å². The van der Waals surface area contributed by atoms with Gasteiger partial charge in [0.25, 0.3) is 11.8 Å². The summed E-state index contributed by atoms with van der Waals surface area (Å²) >= 11 is 5.88. The molecule has 3 rings (SSSR count). The SMILES string of the molecule is C=CCN1C(=O)NC(=O)/C(=C/c2ccccc2OCc2ccc(Cl)cc2)C1=O. The molecule has 0 aliphatic carbocycles. The maximum Gasteiger partial charge on any atom is 0.331 e. The van der Waals surface area contributed by atoms with Crippen molar-refractivity contribution in [2.45, 2.75) is 6.61 Å². The Labute approximate surface area is 167 Å². The van der Waals surface area contributed by atoms with E-state index in [2.05, 4.69) is 11.9 Å². The molecule has 6 nitrogen and oxygen atoms in total. The van der Waals surface area contributed by atoms with E-state index < -0.39 is 17.8 Å². The molecule has 1 N–H and O–H groups in total. The zero-order valence-corrected chi connectivity index (χ0v) is 15.6. The van der Waals surface area contributed by atoms with Gasteiger partial charge in [0.15, 0.2) is 0 Å². The Morgan fingerprint density at radius 1 is 1.07 bits per heavy atom. The Kier molecular flexibility index (Phi) is 5.91. The largest absolute Gasteiger partial charge is 0.488 e. The molecule has 28 heavy (non-hydrogen) atoms. The third kappa shape index (κ3) is 4.29. The van der Waals surface area contributed by atoms with Crippen LogP contribution in [0, 0.1) is 0 Å². The van der Waals surface area contributed by atoms with Gasteiger partial charge in [0.05, 0.1) is 0 Å². The minimum absolute atomic E-state index is 0.00397. The minimum Gasteiger partial charge on any atom is -0.488 e. The lowest BCUT2D eigenvalue weighted by Crippen LogP contribution is -2.54. The summed E-state index contributed by atoms with van der Waals surface area (Å²) in [7, 11) is 0. The lowest BCUT2D eigenvalue weighted by Gasteiger charge is -2.25. The number of nitrogens with zero attached hydrogens (tertiary/aromatic N) is 1. The number of rotatable bonds is 6. The van der Waals surface area contributed by atoms with E-state index in [1.165, 1.54) is 12.2 Å². The van der Waals surface area contributed by atoms with Gasteiger partial charge < -0.3 is 4.74 Å². The predicted octanol–water partition coefficient (Wildman–Crippen LogP) is 3.57. The Balaban J connectivity index is 1.86. The number of carbonyl (C=O) groups is 3. The Morgan fingerprint density at radius 2 is 1.79 bits per heavy atom. The lowest BCUT2D eigenvalue weighted by atomic mass is 10.1. The third-order valence-electron chi connectivity index (χ3n) is 4.02. The van der Waals surface area contributed by atoms with Crippen LogP contribution in [0.15, 0.2) is 66.8 Å². The van der Waals surface area contributed by atoms with Crippen LogP contribution in [0.3, 0.4) is 0 Å². The van der Waals surface area contributed by atoms with E-state index in [0.29, 0.717) is 22.9 Å². The van der Waals surface area contributed by atoms with Gasteiger partial charge in [-0.05, 0) is 29.8 Å². The summed E-state index contributed by atoms with van der Waals surface area (Å²) in [5.41, 5.74) is 1.31. The number of halogens is 1. The van der Waals surface area contributed by atoms with Crippen LogP contribution in [0.5, 0.6) is 5.75 Å². The number of hydrogen-bond acceptors (Lipinski definition) is 4. The summed E-state index contributed by atoms with van der Waals surface area (Å²) in [6.45, 7) is 3.81. The van der Waals surface area contributed by atoms with E-state index >= 15 is 0 Å². The zero-order chi connectivity index (χ0) is 20.1. The van der Waals surface area contributed by atoms with Gasteiger partial charge in [-0.1, -0.05) is 48.0 Å². The van der Waals surface area contributed by atoms with Crippen molar-refractivity contribution < 1.29 is 19.1 Å². The van der Waals surface area contributed by atoms with Crippen LogP contribution in [0.25, 0.3) is 6.08 Å². The number of hydrogen-bond donors (Lipinski definition) is 1. The number of benzene rings is 2. The number of barbiturate groups is 1. The van der Waals surface area contributed by atoms with E-state index in [-0.39, 0.29) is 12.1 Å². The Hall–Kier alpha value is -3.38. The number of carbonyl (C=O) groups excluding carboxylic acids is 3. The first-order chi connectivity index (χ1) is 13.5. The highest BCUT2D eigenvalue weighted by Crippen LogP contribution is 2.24. The lowest BCUT2D eigenvalue weighted by molar-refractivity contribution is -0.129. The van der Waals surface area contributed by atoms with Gasteiger partial charge in [-0.15, -0.1) is 6.58 Å². The molecule has 1 saturated heterocycles. The van der Waals surface area contributed by atoms with E-state index in [0.717, 1.165) is 10.5 Å². The maximum absolute atomic E-state index is 12.5. The summed E-state index contributed by atoms with van der Waals surface area (Å²) in [6, 6.07) is 13.5. The van der Waals surface area contributed by atoms with Crippen molar-refractivity contribution >= 4 is 35.5 Å². The molecule has 0 bridgehead atoms. The maximum atomic E-state index is 12.5. The highest BCUT2D eigenvalue weighted by molar-refractivity contribution is 6.31. The molecule has 142 valence electrons. The average molecular weight is 397 g/mol. The fourth-order valence-corrected chi connectivity index (χ4v) is 2.74. The van der Waals surface area contributed by atoms with Crippen molar-refractivity contribution in [3.8, 4) is 5.75 Å². The molecular weight excluding hydrogens is 380 g/mol. The third-order valence-corrected chi connectivity index (χ3v) is 4.28. The van der Waals surface area contributed by atoms with Gasteiger partial charge in [-0.3, -0.25) is 19.8 Å². The molecular formula is C21H17ClN2O4. The number of imide groups is 2. The van der Waals surface area contributed by atoms with Crippen molar-refractivity contribution in [1.82, 2.24) is 10.2 Å². The second-order valence-electron chi connectivity index (χ2n) is 5.97. The molecule has 0 unspecified atom stereocenters. The number of ether oxygens (including phenoxy) is 1. The van der Waals surface area contributed by atoms with Crippen molar-refractivity contribution in [1.29, 1.82) is 0 Å². The molecule has 0 spiro atoms. The fourth-order valence-electron chi connectivity index (χ4n) is 2.62. The zero-order valence-electron chi connectivity index (χ0n) is 14.9. The van der Waals surface area contributed by atoms with Gasteiger partial charge >= 0.3 is 6.03 Å². The summed E-state index contributed by atoms with van der Waals surface area (Å²) in [4.78, 5) is 37.4. The van der Waals surface area contributed by atoms with Crippen molar-refractivity contribution in [2.24, 2.45) is 0 Å². The molecule has 7 heteroatoms. The summed E-state index contributed by atoms with van der Waals surface area (Å²) < 4.78 is 5.84. The summed E-state index contributed by atoms with van der Waals surface area (Å²) in [5, 5.41) is 2.79. The van der Waals surface area contributed by atoms with Crippen LogP contribution in [0.1, 0.15) is 11.1 Å². The average Bonchev–Trinajstić information content (AvgIpc) is 2.69. The van der Waals surface area contributed by atoms with E-state index in [9.17, 15) is 14.4 Å². The summed E-state index contributed by atoms with van der Waals surface area (Å²) in [5.74, 6) is -0.929. The van der Waals surface area contributed by atoms with Gasteiger partial charge in [0, 0.05) is 17.1 Å². The number of nitrogens with one attached hydrogen (secondary N) is 1. The molecule has 1 heterocycles. The number of amides is 4. The van der Waals surface area contributed by atoms with Crippen LogP contribution in [-0.2, 0) is 16.2 Å². The minimum atomic E-state index is -0.765. The molecule has 1 aliphatic rings. The van der Waals surface area contributed by atoms with Gasteiger partial charge in [0.1, 0.15) is 17.9 Å². The van der Waals surface area contributed by atoms with Crippen LogP contribution in [-0.4, -0.2) is 29.3 Å². The van der Waals surface area contributed by atoms with Gasteiger partial charge in [-0.2, -0.15) is 0 Å². The molecule has 4 amide bonds. The van der Waals surface area contributed by atoms with Crippen LogP contribution < -0.4 is 10.1 Å². The Morgan fingerprint density at radius 3 is 2.50 bits per heavy atom. The van der Waals surface area contributed by atoms with Gasteiger partial charge in [-0.25, -0.2) is 4.79 Å². The topological polar surface area (TPSA) is 75.7 Å². The molecule has 2 aromatic carbocycles. The van der Waals surface area contributed by atoms with Crippen LogP contribution >= 0.6 is 11.6 Å². The second kappa shape index (κ2) is 8.54. The van der Waals surface area contributed by atoms with Crippen molar-refractivity contribution in [2.75, 3.05) is 6.54 Å². The van der Waals surface area contributed by atoms with Crippen LogP contribution in [0.4, 0.5) is 4.79 Å². The highest BCUT2D eigenvalue weighted by Gasteiger charge is 2.35. The monoisotopic (exact) mass is 396 g/mol. The molecule has 0 atom stereocenters. The van der Waals surface area contributed by atoms with E-state index in [1.54, 1.807) is 36.4 Å². The molecule has 0 radical (unpaired) electrons. The first-order valence-electron chi connectivity index (χ1n) is 8.45. The molecule has 2 aromatic rings. The quantitative estimate of drug-likeness (QED) is 0.460. The van der Waals surface area contributed by atoms with E-state index in [4.69, 9.17) is 16.3 Å². The molecule has 0 saturated carbocycles. The van der Waals surface area contributed by atoms with Crippen molar-refractivity contribution in [3.05, 3.63) is 82.9 Å². The molecule has 1 fully saturated rings. The van der Waals surface area contributed by atoms with Crippen LogP contribution in [0.2, 0.25) is 5.02 Å². The highest BCUT2D eigenvalue weighted by atomic mass is 35.5. The first kappa shape index (κ1) is 19.4. The second-order valence-corrected chi connectivity index (χ2v) is 6.41. The fraction of sp³-hybridized carbons (Fsp3) is 0.0952. The van der Waals surface area contributed by atoms with E-state index in [1.807, 2.05) is 12.1 Å². The van der Waals surface area contributed by atoms with Gasteiger partial charge in [0.2, 0.25) is 0 Å². The molecule has 0 aromatic heterocycles. The Bertz CT molecular complexity index is 967. The normalized spacial score (nSPS) is 15.5. The standard InChI is InChI=1S/C21H17ClN2O4/c1-2-11-24-20(26)17(19(25)23-21(24)27)12-15-5-3-4-6-18(15)28-13-14-7-9-16(22)10-8-14/h2-10,12H,1,11,13H2,(H,23,25,27)/b17-12-. The summed E-state index contributed by atoms with van der Waals surface area (Å²) in [6.07, 6.45) is 2.82. The smallest absolute Gasteiger partial charge is 0.331 e. The molecule has 1 aliphatic heterocycles. The predicted molar refractivity (Wildman–Crippen MR) is 106 cm³/mol.